The Labute approximate surface area is 112 Å². The lowest BCUT2D eigenvalue weighted by Crippen LogP contribution is -2.55. The molecule has 0 amide bonds. The molecule has 1 atom stereocenters. The summed E-state index contributed by atoms with van der Waals surface area (Å²) < 4.78 is 0. The molecular formula is C15H29N3. The third kappa shape index (κ3) is 3.06. The number of piperidine rings is 1. The molecule has 2 heterocycles. The monoisotopic (exact) mass is 251 g/mol. The first kappa shape index (κ1) is 12.9. The molecule has 0 aromatic carbocycles. The van der Waals surface area contributed by atoms with Crippen LogP contribution in [0.1, 0.15) is 44.9 Å². The van der Waals surface area contributed by atoms with E-state index >= 15 is 0 Å². The third-order valence-electron chi connectivity index (χ3n) is 5.33. The van der Waals surface area contributed by atoms with Gasteiger partial charge >= 0.3 is 0 Å². The van der Waals surface area contributed by atoms with Gasteiger partial charge in [0.2, 0.25) is 0 Å². The highest BCUT2D eigenvalue weighted by Gasteiger charge is 2.30. The number of nitrogens with zero attached hydrogens (tertiary/aromatic N) is 2. The van der Waals surface area contributed by atoms with E-state index < -0.39 is 0 Å². The molecule has 0 bridgehead atoms. The van der Waals surface area contributed by atoms with Crippen LogP contribution < -0.4 is 5.73 Å². The van der Waals surface area contributed by atoms with Gasteiger partial charge in [0.15, 0.2) is 0 Å². The molecule has 1 saturated carbocycles. The Morgan fingerprint density at radius 1 is 0.889 bits per heavy atom. The molecule has 1 aliphatic carbocycles. The summed E-state index contributed by atoms with van der Waals surface area (Å²) in [5.41, 5.74) is 6.00. The number of fused-ring (bicyclic) bond motifs is 1. The second kappa shape index (κ2) is 5.89. The fourth-order valence-corrected chi connectivity index (χ4v) is 4.12. The minimum Gasteiger partial charge on any atom is -0.328 e. The first-order valence-corrected chi connectivity index (χ1v) is 8.03. The molecule has 0 spiro atoms. The van der Waals surface area contributed by atoms with Crippen LogP contribution in [0.4, 0.5) is 0 Å². The van der Waals surface area contributed by atoms with Gasteiger partial charge in [0.05, 0.1) is 0 Å². The van der Waals surface area contributed by atoms with Crippen molar-refractivity contribution >= 4 is 0 Å². The summed E-state index contributed by atoms with van der Waals surface area (Å²) in [6.45, 7) is 6.66. The molecule has 2 N–H and O–H groups in total. The minimum atomic E-state index is 0.497. The molecule has 18 heavy (non-hydrogen) atoms. The van der Waals surface area contributed by atoms with Gasteiger partial charge in [-0.2, -0.15) is 0 Å². The lowest BCUT2D eigenvalue weighted by Gasteiger charge is -2.45. The van der Waals surface area contributed by atoms with Gasteiger partial charge in [-0.25, -0.2) is 0 Å². The number of rotatable bonds is 2. The summed E-state index contributed by atoms with van der Waals surface area (Å²) in [6, 6.07) is 1.37. The Morgan fingerprint density at radius 2 is 1.72 bits per heavy atom. The van der Waals surface area contributed by atoms with Gasteiger partial charge in [-0.3, -0.25) is 4.90 Å². The maximum Gasteiger partial charge on any atom is 0.0223 e. The van der Waals surface area contributed by atoms with Crippen LogP contribution in [0.5, 0.6) is 0 Å². The van der Waals surface area contributed by atoms with Gasteiger partial charge in [0, 0.05) is 38.3 Å². The third-order valence-corrected chi connectivity index (χ3v) is 5.33. The van der Waals surface area contributed by atoms with Crippen molar-refractivity contribution in [3.8, 4) is 0 Å². The minimum absolute atomic E-state index is 0.497. The van der Waals surface area contributed by atoms with Crippen molar-refractivity contribution in [3.05, 3.63) is 0 Å². The Kier molecular flexibility index (Phi) is 4.22. The highest BCUT2D eigenvalue weighted by molar-refractivity contribution is 4.86. The van der Waals surface area contributed by atoms with Gasteiger partial charge < -0.3 is 10.6 Å². The Bertz CT molecular complexity index is 260. The fraction of sp³-hybridized carbons (Fsp3) is 1.00. The van der Waals surface area contributed by atoms with Gasteiger partial charge in [0.1, 0.15) is 0 Å². The van der Waals surface area contributed by atoms with Gasteiger partial charge in [0.25, 0.3) is 0 Å². The molecule has 0 radical (unpaired) electrons. The van der Waals surface area contributed by atoms with E-state index in [1.165, 1.54) is 77.7 Å². The first-order chi connectivity index (χ1) is 8.81. The zero-order valence-electron chi connectivity index (χ0n) is 11.7. The Balaban J connectivity index is 1.46. The molecule has 0 aromatic rings. The largest absolute Gasteiger partial charge is 0.328 e. The van der Waals surface area contributed by atoms with Crippen LogP contribution in [-0.2, 0) is 0 Å². The van der Waals surface area contributed by atoms with Crippen molar-refractivity contribution in [2.45, 2.75) is 57.0 Å². The first-order valence-electron chi connectivity index (χ1n) is 8.03. The molecule has 104 valence electrons. The summed E-state index contributed by atoms with van der Waals surface area (Å²) >= 11 is 0. The maximum atomic E-state index is 6.00. The van der Waals surface area contributed by atoms with E-state index in [4.69, 9.17) is 5.73 Å². The summed E-state index contributed by atoms with van der Waals surface area (Å²) in [4.78, 5) is 5.48. The molecule has 3 aliphatic rings. The molecule has 2 aliphatic heterocycles. The predicted molar refractivity (Wildman–Crippen MR) is 75.6 cm³/mol. The molecule has 2 saturated heterocycles. The summed E-state index contributed by atoms with van der Waals surface area (Å²) in [5, 5.41) is 0. The van der Waals surface area contributed by atoms with E-state index in [0.717, 1.165) is 12.0 Å². The number of piperazine rings is 1. The summed E-state index contributed by atoms with van der Waals surface area (Å²) in [7, 11) is 0. The van der Waals surface area contributed by atoms with Crippen molar-refractivity contribution in [2.75, 3.05) is 32.7 Å². The number of hydrogen-bond donors (Lipinski definition) is 1. The fourth-order valence-electron chi connectivity index (χ4n) is 4.12. The van der Waals surface area contributed by atoms with Crippen LogP contribution in [0.25, 0.3) is 0 Å². The van der Waals surface area contributed by atoms with Crippen LogP contribution >= 0.6 is 0 Å². The highest BCUT2D eigenvalue weighted by Crippen LogP contribution is 2.26. The van der Waals surface area contributed by atoms with E-state index in [2.05, 4.69) is 9.80 Å². The van der Waals surface area contributed by atoms with E-state index in [1.807, 2.05) is 0 Å². The summed E-state index contributed by atoms with van der Waals surface area (Å²) in [5.74, 6) is 0.931. The Morgan fingerprint density at radius 3 is 2.56 bits per heavy atom. The summed E-state index contributed by atoms with van der Waals surface area (Å²) in [6.07, 6.45) is 9.57. The smallest absolute Gasteiger partial charge is 0.0223 e. The van der Waals surface area contributed by atoms with E-state index in [0.29, 0.717) is 6.04 Å². The van der Waals surface area contributed by atoms with Crippen LogP contribution in [0.15, 0.2) is 0 Å². The van der Waals surface area contributed by atoms with Crippen LogP contribution in [0, 0.1) is 5.92 Å². The van der Waals surface area contributed by atoms with Crippen LogP contribution in [0.2, 0.25) is 0 Å². The molecule has 1 unspecified atom stereocenters. The van der Waals surface area contributed by atoms with Gasteiger partial charge in [-0.1, -0.05) is 6.42 Å². The predicted octanol–water partition coefficient (Wildman–Crippen LogP) is 1.67. The lowest BCUT2D eigenvalue weighted by molar-refractivity contribution is 0.0382. The average Bonchev–Trinajstić information content (AvgIpc) is 2.41. The maximum absolute atomic E-state index is 6.00. The topological polar surface area (TPSA) is 32.5 Å². The SMILES string of the molecule is NC1CCC(CN2CCN3CCCCC3C2)CC1. The van der Waals surface area contributed by atoms with Gasteiger partial charge in [-0.05, 0) is 51.0 Å². The van der Waals surface area contributed by atoms with E-state index in [9.17, 15) is 0 Å². The molecule has 0 aromatic heterocycles. The average molecular weight is 251 g/mol. The van der Waals surface area contributed by atoms with Crippen molar-refractivity contribution in [1.82, 2.24) is 9.80 Å². The second-order valence-electron chi connectivity index (χ2n) is 6.73. The van der Waals surface area contributed by atoms with E-state index in [-0.39, 0.29) is 0 Å². The molecule has 3 nitrogen and oxygen atoms in total. The van der Waals surface area contributed by atoms with E-state index in [1.54, 1.807) is 0 Å². The van der Waals surface area contributed by atoms with Crippen molar-refractivity contribution in [2.24, 2.45) is 11.7 Å². The van der Waals surface area contributed by atoms with Crippen LogP contribution in [-0.4, -0.2) is 54.6 Å². The quantitative estimate of drug-likeness (QED) is 0.810. The lowest BCUT2D eigenvalue weighted by atomic mass is 9.86. The van der Waals surface area contributed by atoms with Crippen molar-refractivity contribution in [3.63, 3.8) is 0 Å². The zero-order valence-corrected chi connectivity index (χ0v) is 11.7. The zero-order chi connectivity index (χ0) is 12.4. The highest BCUT2D eigenvalue weighted by atomic mass is 15.3. The van der Waals surface area contributed by atoms with Crippen molar-refractivity contribution < 1.29 is 0 Å². The van der Waals surface area contributed by atoms with Crippen LogP contribution in [0.3, 0.4) is 0 Å². The molecule has 3 fully saturated rings. The molecule has 3 heteroatoms. The molecule has 3 rings (SSSR count). The standard InChI is InChI=1S/C15H29N3/c16-14-6-4-13(5-7-14)11-17-9-10-18-8-2-1-3-15(18)12-17/h13-15H,1-12,16H2. The second-order valence-corrected chi connectivity index (χ2v) is 6.73. The number of hydrogen-bond acceptors (Lipinski definition) is 3. The Hall–Kier alpha value is -0.120. The van der Waals surface area contributed by atoms with Gasteiger partial charge in [-0.15, -0.1) is 0 Å². The normalized spacial score (nSPS) is 39.5. The molecular weight excluding hydrogens is 222 g/mol. The van der Waals surface area contributed by atoms with Crippen molar-refractivity contribution in [1.29, 1.82) is 0 Å². The number of nitrogens with two attached hydrogens (primary N) is 1.